The van der Waals surface area contributed by atoms with E-state index >= 15 is 0 Å². The number of imidazole rings is 1. The highest BCUT2D eigenvalue weighted by Gasteiger charge is 2.11. The number of nitrogens with zero attached hydrogens (tertiary/aromatic N) is 2. The molecule has 0 spiro atoms. The van der Waals surface area contributed by atoms with E-state index < -0.39 is 6.61 Å². The van der Waals surface area contributed by atoms with Crippen molar-refractivity contribution >= 4 is 45.0 Å². The first kappa shape index (κ1) is 16.0. The van der Waals surface area contributed by atoms with Crippen LogP contribution >= 0.6 is 22.9 Å². The Kier molecular flexibility index (Phi) is 3.89. The minimum atomic E-state index is -2.93. The van der Waals surface area contributed by atoms with Crippen LogP contribution in [0.2, 0.25) is 5.02 Å². The van der Waals surface area contributed by atoms with Crippen LogP contribution < -0.4 is 14.8 Å². The van der Waals surface area contributed by atoms with Crippen LogP contribution in [-0.2, 0) is 0 Å². The van der Waals surface area contributed by atoms with Crippen LogP contribution in [0.5, 0.6) is 5.75 Å². The number of thiazole rings is 1. The van der Waals surface area contributed by atoms with Gasteiger partial charge in [0.25, 0.3) is 5.56 Å². The van der Waals surface area contributed by atoms with Crippen molar-refractivity contribution in [2.45, 2.75) is 6.61 Å². The van der Waals surface area contributed by atoms with Gasteiger partial charge >= 0.3 is 6.61 Å². The Labute approximate surface area is 148 Å². The Balaban J connectivity index is 1.90. The van der Waals surface area contributed by atoms with Crippen molar-refractivity contribution in [3.05, 3.63) is 67.9 Å². The van der Waals surface area contributed by atoms with Crippen molar-refractivity contribution in [2.24, 2.45) is 0 Å². The van der Waals surface area contributed by atoms with Crippen LogP contribution in [0.3, 0.4) is 0 Å². The summed E-state index contributed by atoms with van der Waals surface area (Å²) in [5.41, 5.74) is 1.65. The molecule has 0 bridgehead atoms. The molecule has 4 nitrogen and oxygen atoms in total. The molecule has 0 unspecified atom stereocenters. The van der Waals surface area contributed by atoms with Crippen LogP contribution in [0.25, 0.3) is 22.1 Å². The molecule has 126 valence electrons. The van der Waals surface area contributed by atoms with E-state index in [0.717, 1.165) is 11.0 Å². The molecule has 25 heavy (non-hydrogen) atoms. The largest absolute Gasteiger partial charge is 0.435 e. The summed E-state index contributed by atoms with van der Waals surface area (Å²) in [5, 5.41) is 0.330. The van der Waals surface area contributed by atoms with Crippen molar-refractivity contribution in [3.8, 4) is 5.75 Å². The van der Waals surface area contributed by atoms with Crippen LogP contribution in [0, 0.1) is 0 Å². The predicted octanol–water partition coefficient (Wildman–Crippen LogP) is 3.71. The fraction of sp³-hybridized carbons (Fsp3) is 0.0588. The first-order valence-electron chi connectivity index (χ1n) is 7.19. The monoisotopic (exact) mass is 378 g/mol. The fourth-order valence-electron chi connectivity index (χ4n) is 2.56. The zero-order valence-electron chi connectivity index (χ0n) is 12.4. The molecule has 0 aliphatic heterocycles. The normalized spacial score (nSPS) is 12.6. The molecule has 8 heteroatoms. The standard InChI is InChI=1S/C17H9ClF2N2O2S/c18-11-6-5-10(24-16(19)20)7-9(11)8-14-15(23)22-13-4-2-1-3-12(13)21-17(22)25-14/h1-8,16H. The van der Waals surface area contributed by atoms with E-state index in [0.29, 0.717) is 20.1 Å². The Morgan fingerprint density at radius 3 is 2.84 bits per heavy atom. The maximum atomic E-state index is 12.7. The van der Waals surface area contributed by atoms with Gasteiger partial charge in [0, 0.05) is 5.02 Å². The van der Waals surface area contributed by atoms with Gasteiger partial charge in [-0.25, -0.2) is 9.38 Å². The summed E-state index contributed by atoms with van der Waals surface area (Å²) in [6.07, 6.45) is 1.55. The van der Waals surface area contributed by atoms with Gasteiger partial charge in [0.2, 0.25) is 0 Å². The van der Waals surface area contributed by atoms with E-state index in [9.17, 15) is 13.6 Å². The lowest BCUT2D eigenvalue weighted by molar-refractivity contribution is -0.0498. The van der Waals surface area contributed by atoms with Crippen LogP contribution in [0.1, 0.15) is 5.56 Å². The predicted molar refractivity (Wildman–Crippen MR) is 93.7 cm³/mol. The molecule has 4 rings (SSSR count). The lowest BCUT2D eigenvalue weighted by atomic mass is 10.2. The lowest BCUT2D eigenvalue weighted by Crippen LogP contribution is -2.22. The molecular weight excluding hydrogens is 370 g/mol. The minimum absolute atomic E-state index is 0.0233. The Morgan fingerprint density at radius 2 is 2.04 bits per heavy atom. The average molecular weight is 379 g/mol. The quantitative estimate of drug-likeness (QED) is 0.546. The highest BCUT2D eigenvalue weighted by Crippen LogP contribution is 2.24. The number of hydrogen-bond donors (Lipinski definition) is 0. The van der Waals surface area contributed by atoms with E-state index in [-0.39, 0.29) is 11.3 Å². The van der Waals surface area contributed by atoms with E-state index in [1.54, 1.807) is 6.08 Å². The van der Waals surface area contributed by atoms with Gasteiger partial charge in [-0.1, -0.05) is 35.1 Å². The Morgan fingerprint density at radius 1 is 1.24 bits per heavy atom. The number of halogens is 3. The number of hydrogen-bond acceptors (Lipinski definition) is 4. The highest BCUT2D eigenvalue weighted by atomic mass is 35.5. The van der Waals surface area contributed by atoms with E-state index in [1.807, 2.05) is 24.3 Å². The highest BCUT2D eigenvalue weighted by molar-refractivity contribution is 7.15. The maximum absolute atomic E-state index is 12.7. The van der Waals surface area contributed by atoms with Crippen LogP contribution in [0.4, 0.5) is 8.78 Å². The molecule has 0 N–H and O–H groups in total. The van der Waals surface area contributed by atoms with Crippen molar-refractivity contribution in [2.75, 3.05) is 0 Å². The van der Waals surface area contributed by atoms with Crippen molar-refractivity contribution in [1.82, 2.24) is 9.38 Å². The molecule has 0 amide bonds. The molecule has 0 atom stereocenters. The average Bonchev–Trinajstić information content (AvgIpc) is 3.07. The number of fused-ring (bicyclic) bond motifs is 3. The summed E-state index contributed by atoms with van der Waals surface area (Å²) >= 11 is 7.32. The van der Waals surface area contributed by atoms with Gasteiger partial charge in [-0.15, -0.1) is 0 Å². The molecule has 0 aliphatic carbocycles. The topological polar surface area (TPSA) is 43.6 Å². The molecule has 4 aromatic rings. The maximum Gasteiger partial charge on any atom is 0.387 e. The molecule has 0 aliphatic rings. The summed E-state index contributed by atoms with van der Waals surface area (Å²) in [5.74, 6) is -0.0233. The van der Waals surface area contributed by atoms with E-state index in [4.69, 9.17) is 11.6 Å². The number of ether oxygens (including phenoxy) is 1. The molecule has 0 saturated heterocycles. The van der Waals surface area contributed by atoms with Crippen molar-refractivity contribution in [1.29, 1.82) is 0 Å². The van der Waals surface area contributed by atoms with Gasteiger partial charge in [0.15, 0.2) is 4.96 Å². The van der Waals surface area contributed by atoms with Gasteiger partial charge < -0.3 is 4.74 Å². The van der Waals surface area contributed by atoms with Gasteiger partial charge in [-0.05, 0) is 42.0 Å². The van der Waals surface area contributed by atoms with E-state index in [1.165, 1.54) is 33.9 Å². The van der Waals surface area contributed by atoms with Gasteiger partial charge in [-0.3, -0.25) is 4.79 Å². The third-order valence-corrected chi connectivity index (χ3v) is 4.94. The lowest BCUT2D eigenvalue weighted by Gasteiger charge is -2.05. The van der Waals surface area contributed by atoms with Crippen LogP contribution in [0.15, 0.2) is 47.3 Å². The van der Waals surface area contributed by atoms with Gasteiger partial charge in [-0.2, -0.15) is 8.78 Å². The first-order chi connectivity index (χ1) is 12.0. The zero-order chi connectivity index (χ0) is 17.6. The van der Waals surface area contributed by atoms with Crippen molar-refractivity contribution < 1.29 is 13.5 Å². The second-order valence-corrected chi connectivity index (χ2v) is 6.61. The minimum Gasteiger partial charge on any atom is -0.435 e. The van der Waals surface area contributed by atoms with E-state index in [2.05, 4.69) is 9.72 Å². The first-order valence-corrected chi connectivity index (χ1v) is 8.38. The second kappa shape index (κ2) is 6.09. The third-order valence-electron chi connectivity index (χ3n) is 3.62. The fourth-order valence-corrected chi connectivity index (χ4v) is 3.71. The molecule has 0 saturated carbocycles. The summed E-state index contributed by atoms with van der Waals surface area (Å²) in [6.45, 7) is -2.93. The summed E-state index contributed by atoms with van der Waals surface area (Å²) in [6, 6.07) is 11.5. The molecule has 0 radical (unpaired) electrons. The molecule has 2 aromatic heterocycles. The third kappa shape index (κ3) is 2.85. The molecule has 0 fully saturated rings. The number of alkyl halides is 2. The Bertz CT molecular complexity index is 1200. The molecular formula is C17H9ClF2N2O2S. The SMILES string of the molecule is O=c1c(=Cc2cc(OC(F)F)ccc2Cl)sc2nc3ccccc3n12. The molecule has 2 heterocycles. The molecule has 2 aromatic carbocycles. The summed E-state index contributed by atoms with van der Waals surface area (Å²) in [4.78, 5) is 17.7. The summed E-state index contributed by atoms with van der Waals surface area (Å²) < 4.78 is 31.0. The summed E-state index contributed by atoms with van der Waals surface area (Å²) in [7, 11) is 0. The van der Waals surface area contributed by atoms with Crippen molar-refractivity contribution in [3.63, 3.8) is 0 Å². The zero-order valence-corrected chi connectivity index (χ0v) is 14.0. The number of benzene rings is 2. The second-order valence-electron chi connectivity index (χ2n) is 5.20. The Hall–Kier alpha value is -2.51. The smallest absolute Gasteiger partial charge is 0.387 e. The number of rotatable bonds is 3. The van der Waals surface area contributed by atoms with Gasteiger partial charge in [0.05, 0.1) is 15.6 Å². The van der Waals surface area contributed by atoms with Gasteiger partial charge in [0.1, 0.15) is 5.75 Å². The number of aromatic nitrogens is 2. The van der Waals surface area contributed by atoms with Crippen LogP contribution in [-0.4, -0.2) is 16.0 Å². The number of para-hydroxylation sites is 2.